The summed E-state index contributed by atoms with van der Waals surface area (Å²) in [5, 5.41) is 0. The third kappa shape index (κ3) is 3.85. The van der Waals surface area contributed by atoms with Crippen LogP contribution in [0.1, 0.15) is 32.7 Å². The molecule has 0 N–H and O–H groups in total. The number of methoxy groups -OCH3 is 1. The second kappa shape index (κ2) is 8.14. The Morgan fingerprint density at radius 1 is 1.23 bits per heavy atom. The number of anilines is 1. The van der Waals surface area contributed by atoms with Crippen LogP contribution >= 0.6 is 0 Å². The molecule has 0 aliphatic carbocycles. The summed E-state index contributed by atoms with van der Waals surface area (Å²) in [4.78, 5) is 44.0. The van der Waals surface area contributed by atoms with Crippen molar-refractivity contribution in [2.24, 2.45) is 5.92 Å². The van der Waals surface area contributed by atoms with E-state index in [2.05, 4.69) is 4.98 Å². The number of carbonyl (C=O) groups is 3. The number of esters is 1. The molecule has 2 aliphatic rings. The van der Waals surface area contributed by atoms with Gasteiger partial charge in [0, 0.05) is 38.1 Å². The van der Waals surface area contributed by atoms with Crippen LogP contribution in [0.25, 0.3) is 0 Å². The number of hydrogen-bond acceptors (Lipinski definition) is 6. The van der Waals surface area contributed by atoms with Gasteiger partial charge in [0.25, 0.3) is 11.8 Å². The van der Waals surface area contributed by atoms with Gasteiger partial charge in [0.2, 0.25) is 0 Å². The average molecular weight is 409 g/mol. The molecule has 2 aromatic rings. The number of fused-ring (bicyclic) bond motifs is 1. The fourth-order valence-corrected chi connectivity index (χ4v) is 3.93. The number of likely N-dealkylation sites (N-methyl/N-ethyl adjacent to an activating group) is 1. The zero-order chi connectivity index (χ0) is 21.3. The first-order chi connectivity index (χ1) is 14.5. The van der Waals surface area contributed by atoms with Crippen molar-refractivity contribution >= 4 is 23.5 Å². The van der Waals surface area contributed by atoms with E-state index in [1.165, 1.54) is 18.2 Å². The number of aromatic nitrogens is 1. The zero-order valence-electron chi connectivity index (χ0n) is 17.0. The van der Waals surface area contributed by atoms with E-state index in [-0.39, 0.29) is 24.3 Å². The predicted octanol–water partition coefficient (Wildman–Crippen LogP) is 1.93. The van der Waals surface area contributed by atoms with Crippen molar-refractivity contribution < 1.29 is 23.9 Å². The maximum absolute atomic E-state index is 13.0. The molecule has 1 unspecified atom stereocenters. The van der Waals surface area contributed by atoms with Crippen LogP contribution < -0.4 is 9.64 Å². The molecule has 30 heavy (non-hydrogen) atoms. The van der Waals surface area contributed by atoms with Crippen LogP contribution in [0.15, 0.2) is 36.7 Å². The van der Waals surface area contributed by atoms with Gasteiger partial charge in [-0.3, -0.25) is 14.6 Å². The molecule has 4 rings (SSSR count). The van der Waals surface area contributed by atoms with Crippen molar-refractivity contribution in [3.63, 3.8) is 0 Å². The molecular weight excluding hydrogens is 386 g/mol. The Morgan fingerprint density at radius 3 is 2.87 bits per heavy atom. The van der Waals surface area contributed by atoms with Crippen LogP contribution in [0, 0.1) is 5.92 Å². The normalized spacial score (nSPS) is 18.1. The van der Waals surface area contributed by atoms with E-state index in [1.807, 2.05) is 4.90 Å². The largest absolute Gasteiger partial charge is 0.482 e. The minimum Gasteiger partial charge on any atom is -0.482 e. The smallest absolute Gasteiger partial charge is 0.339 e. The Kier molecular flexibility index (Phi) is 5.39. The lowest BCUT2D eigenvalue weighted by Gasteiger charge is -2.26. The maximum atomic E-state index is 13.0. The highest BCUT2D eigenvalue weighted by molar-refractivity contribution is 6.01. The number of rotatable bonds is 4. The molecule has 0 bridgehead atoms. The van der Waals surface area contributed by atoms with E-state index < -0.39 is 5.97 Å². The number of pyridine rings is 1. The molecule has 8 heteroatoms. The topological polar surface area (TPSA) is 89.0 Å². The highest BCUT2D eigenvalue weighted by atomic mass is 16.5. The standard InChI is InChI=1S/C22H23N3O5/c1-24-18-9-16(3-4-19(18)30-13-20(24)26)21(27)25-6-5-14(12-25)7-15-8-17(11-23-10-15)22(28)29-2/h3-4,8-11,14H,5-7,12-13H2,1-2H3. The van der Waals surface area contributed by atoms with Gasteiger partial charge >= 0.3 is 5.97 Å². The molecule has 8 nitrogen and oxygen atoms in total. The summed E-state index contributed by atoms with van der Waals surface area (Å²) in [6, 6.07) is 6.98. The molecule has 1 saturated heterocycles. The van der Waals surface area contributed by atoms with Crippen molar-refractivity contribution in [3.8, 4) is 5.75 Å². The van der Waals surface area contributed by atoms with Crippen molar-refractivity contribution in [2.45, 2.75) is 12.8 Å². The summed E-state index contributed by atoms with van der Waals surface area (Å²) in [7, 11) is 3.02. The van der Waals surface area contributed by atoms with Gasteiger partial charge in [-0.2, -0.15) is 0 Å². The van der Waals surface area contributed by atoms with E-state index in [0.717, 1.165) is 18.4 Å². The molecule has 1 fully saturated rings. The van der Waals surface area contributed by atoms with Gasteiger partial charge in [-0.1, -0.05) is 0 Å². The lowest BCUT2D eigenvalue weighted by molar-refractivity contribution is -0.121. The Labute approximate surface area is 174 Å². The van der Waals surface area contributed by atoms with Crippen LogP contribution in [-0.2, 0) is 16.0 Å². The number of benzene rings is 1. The molecule has 156 valence electrons. The van der Waals surface area contributed by atoms with Gasteiger partial charge < -0.3 is 19.3 Å². The van der Waals surface area contributed by atoms with Crippen LogP contribution in [0.2, 0.25) is 0 Å². The summed E-state index contributed by atoms with van der Waals surface area (Å²) < 4.78 is 10.2. The minimum absolute atomic E-state index is 0.0105. The van der Waals surface area contributed by atoms with E-state index in [9.17, 15) is 14.4 Å². The zero-order valence-corrected chi connectivity index (χ0v) is 17.0. The summed E-state index contributed by atoms with van der Waals surface area (Å²) >= 11 is 0. The summed E-state index contributed by atoms with van der Waals surface area (Å²) in [5.41, 5.74) is 2.52. The highest BCUT2D eigenvalue weighted by Gasteiger charge is 2.29. The summed E-state index contributed by atoms with van der Waals surface area (Å²) in [5.74, 6) is 0.275. The third-order valence-corrected chi connectivity index (χ3v) is 5.61. The third-order valence-electron chi connectivity index (χ3n) is 5.61. The highest BCUT2D eigenvalue weighted by Crippen LogP contribution is 2.33. The van der Waals surface area contributed by atoms with Gasteiger partial charge in [-0.25, -0.2) is 4.79 Å². The summed E-state index contributed by atoms with van der Waals surface area (Å²) in [6.07, 6.45) is 4.84. The monoisotopic (exact) mass is 409 g/mol. The van der Waals surface area contributed by atoms with E-state index in [1.54, 1.807) is 37.5 Å². The SMILES string of the molecule is COC(=O)c1cncc(CC2CCN(C(=O)c3ccc4c(c3)N(C)C(=O)CO4)C2)c1. The minimum atomic E-state index is -0.410. The molecule has 1 aromatic heterocycles. The molecular formula is C22H23N3O5. The van der Waals surface area contributed by atoms with Crippen molar-refractivity contribution in [2.75, 3.05) is 38.8 Å². The van der Waals surface area contributed by atoms with Crippen LogP contribution in [0.4, 0.5) is 5.69 Å². The van der Waals surface area contributed by atoms with Gasteiger partial charge in [-0.05, 0) is 48.6 Å². The number of likely N-dealkylation sites (tertiary alicyclic amines) is 1. The van der Waals surface area contributed by atoms with E-state index in [0.29, 0.717) is 35.7 Å². The number of carbonyl (C=O) groups excluding carboxylic acids is 3. The van der Waals surface area contributed by atoms with Crippen molar-refractivity contribution in [3.05, 3.63) is 53.3 Å². The van der Waals surface area contributed by atoms with Gasteiger partial charge in [0.05, 0.1) is 18.4 Å². The fraction of sp³-hybridized carbons (Fsp3) is 0.364. The fourth-order valence-electron chi connectivity index (χ4n) is 3.93. The summed E-state index contributed by atoms with van der Waals surface area (Å²) in [6.45, 7) is 1.30. The number of amides is 2. The van der Waals surface area contributed by atoms with Crippen molar-refractivity contribution in [1.29, 1.82) is 0 Å². The average Bonchev–Trinajstić information content (AvgIpc) is 3.23. The Bertz CT molecular complexity index is 1010. The van der Waals surface area contributed by atoms with E-state index >= 15 is 0 Å². The first kappa shape index (κ1) is 19.9. The molecule has 2 aliphatic heterocycles. The first-order valence-electron chi connectivity index (χ1n) is 9.81. The molecule has 0 spiro atoms. The lowest BCUT2D eigenvalue weighted by Crippen LogP contribution is -2.36. The second-order valence-corrected chi connectivity index (χ2v) is 7.61. The van der Waals surface area contributed by atoms with Crippen molar-refractivity contribution in [1.82, 2.24) is 9.88 Å². The Hall–Kier alpha value is -3.42. The number of hydrogen-bond donors (Lipinski definition) is 0. The molecule has 1 atom stereocenters. The Morgan fingerprint density at radius 2 is 2.07 bits per heavy atom. The maximum Gasteiger partial charge on any atom is 0.339 e. The van der Waals surface area contributed by atoms with Gasteiger partial charge in [-0.15, -0.1) is 0 Å². The Balaban J connectivity index is 1.43. The number of nitrogens with zero attached hydrogens (tertiary/aromatic N) is 3. The first-order valence-corrected chi connectivity index (χ1v) is 9.81. The molecule has 2 amide bonds. The molecule has 1 aromatic carbocycles. The van der Waals surface area contributed by atoms with Crippen LogP contribution in [0.3, 0.4) is 0 Å². The van der Waals surface area contributed by atoms with Crippen LogP contribution in [-0.4, -0.2) is 61.5 Å². The number of ether oxygens (including phenoxy) is 2. The van der Waals surface area contributed by atoms with Gasteiger partial charge in [0.1, 0.15) is 5.75 Å². The second-order valence-electron chi connectivity index (χ2n) is 7.61. The van der Waals surface area contributed by atoms with Crippen LogP contribution in [0.5, 0.6) is 5.75 Å². The molecule has 0 radical (unpaired) electrons. The van der Waals surface area contributed by atoms with E-state index in [4.69, 9.17) is 9.47 Å². The lowest BCUT2D eigenvalue weighted by atomic mass is 9.99. The van der Waals surface area contributed by atoms with Gasteiger partial charge in [0.15, 0.2) is 6.61 Å². The molecule has 3 heterocycles. The molecule has 0 saturated carbocycles. The quantitative estimate of drug-likeness (QED) is 0.717. The predicted molar refractivity (Wildman–Crippen MR) is 109 cm³/mol.